The number of rotatable bonds is 5. The molecule has 3 aliphatic rings. The minimum absolute atomic E-state index is 0.00857. The van der Waals surface area contributed by atoms with Crippen molar-refractivity contribution in [3.05, 3.63) is 132 Å². The average Bonchev–Trinajstić information content (AvgIpc) is 3.81. The molecule has 3 aliphatic heterocycles. The number of nitrogens with zero attached hydrogens (tertiary/aromatic N) is 6. The van der Waals surface area contributed by atoms with Crippen LogP contribution in [0.3, 0.4) is 0 Å². The summed E-state index contributed by atoms with van der Waals surface area (Å²) in [4.78, 5) is 66.8. The largest absolute Gasteiger partial charge is 0.337 e. The molecule has 11 nitrogen and oxygen atoms in total. The molecule has 8 rings (SSSR count). The Morgan fingerprint density at radius 3 is 2.00 bits per heavy atom. The van der Waals surface area contributed by atoms with Crippen molar-refractivity contribution in [2.45, 2.75) is 19.0 Å². The van der Waals surface area contributed by atoms with Gasteiger partial charge in [-0.05, 0) is 48.9 Å². The van der Waals surface area contributed by atoms with Gasteiger partial charge in [0.1, 0.15) is 6.04 Å². The second-order valence-electron chi connectivity index (χ2n) is 11.2. The average molecular weight is 597 g/mol. The van der Waals surface area contributed by atoms with Gasteiger partial charge in [-0.15, -0.1) is 0 Å². The molecular weight excluding hydrogens is 572 g/mol. The molecule has 4 amide bonds. The summed E-state index contributed by atoms with van der Waals surface area (Å²) in [5.41, 5.74) is 3.08. The second kappa shape index (κ2) is 10.1. The predicted octanol–water partition coefficient (Wildman–Crippen LogP) is 4.56. The maximum atomic E-state index is 14.5. The zero-order chi connectivity index (χ0) is 30.8. The molecule has 0 saturated carbocycles. The SMILES string of the molecule is Cc1ccc(N2C(=O)C3C(C2=O)C(c2nc(-c4cccnc4)no2)N(N2C(=O)c4ccccc4C2=O)C3c2ccccc2)cc1. The van der Waals surface area contributed by atoms with Gasteiger partial charge < -0.3 is 4.52 Å². The Balaban J connectivity index is 1.33. The minimum atomic E-state index is -1.13. The Labute approximate surface area is 256 Å². The summed E-state index contributed by atoms with van der Waals surface area (Å²) in [5.74, 6) is -3.90. The van der Waals surface area contributed by atoms with Crippen molar-refractivity contribution in [3.8, 4) is 11.4 Å². The first-order chi connectivity index (χ1) is 21.9. The number of hydrogen-bond donors (Lipinski definition) is 0. The highest BCUT2D eigenvalue weighted by Crippen LogP contribution is 2.57. The molecule has 2 aromatic heterocycles. The van der Waals surface area contributed by atoms with Gasteiger partial charge in [-0.1, -0.05) is 65.3 Å². The summed E-state index contributed by atoms with van der Waals surface area (Å²) in [6.45, 7) is 1.92. The van der Waals surface area contributed by atoms with E-state index in [1.807, 2.05) is 49.4 Å². The second-order valence-corrected chi connectivity index (χ2v) is 11.2. The van der Waals surface area contributed by atoms with Crippen LogP contribution in [0.15, 0.2) is 108 Å². The van der Waals surface area contributed by atoms with Gasteiger partial charge in [0.25, 0.3) is 11.8 Å². The van der Waals surface area contributed by atoms with Crippen molar-refractivity contribution < 1.29 is 23.7 Å². The molecule has 5 aromatic rings. The van der Waals surface area contributed by atoms with E-state index in [4.69, 9.17) is 4.52 Å². The first-order valence-corrected chi connectivity index (χ1v) is 14.4. The molecule has 2 fully saturated rings. The standard InChI is InChI=1S/C34H24N6O5/c1-19-13-15-22(16-14-19)38-33(43)25-26(34(38)44)28(30-36-29(37-45-30)21-10-7-17-35-18-21)39(27(25)20-8-3-2-4-9-20)40-31(41)23-11-5-6-12-24(23)32(40)42/h2-18,25-28H,1H3. The molecule has 0 aliphatic carbocycles. The summed E-state index contributed by atoms with van der Waals surface area (Å²) < 4.78 is 5.81. The van der Waals surface area contributed by atoms with Gasteiger partial charge in [0.15, 0.2) is 0 Å². The first-order valence-electron chi connectivity index (χ1n) is 14.4. The van der Waals surface area contributed by atoms with Crippen molar-refractivity contribution in [2.24, 2.45) is 11.8 Å². The van der Waals surface area contributed by atoms with E-state index in [-0.39, 0.29) is 22.8 Å². The number of carbonyl (C=O) groups excluding carboxylic acids is 4. The summed E-state index contributed by atoms with van der Waals surface area (Å²) in [6, 6.07) is 24.2. The van der Waals surface area contributed by atoms with Crippen LogP contribution in [-0.4, -0.2) is 48.8 Å². The van der Waals surface area contributed by atoms with E-state index in [0.717, 1.165) is 10.6 Å². The number of carbonyl (C=O) groups is 4. The predicted molar refractivity (Wildman–Crippen MR) is 159 cm³/mol. The number of anilines is 1. The Bertz CT molecular complexity index is 1960. The third-order valence-corrected chi connectivity index (χ3v) is 8.70. The highest BCUT2D eigenvalue weighted by atomic mass is 16.5. The van der Waals surface area contributed by atoms with Crippen molar-refractivity contribution in [1.29, 1.82) is 0 Å². The lowest BCUT2D eigenvalue weighted by Gasteiger charge is -2.37. The maximum absolute atomic E-state index is 14.5. The molecule has 3 aromatic carbocycles. The molecule has 11 heteroatoms. The van der Waals surface area contributed by atoms with E-state index in [1.54, 1.807) is 60.9 Å². The molecular formula is C34H24N6O5. The van der Waals surface area contributed by atoms with Crippen molar-refractivity contribution in [2.75, 3.05) is 4.90 Å². The van der Waals surface area contributed by atoms with Crippen LogP contribution in [0.2, 0.25) is 0 Å². The van der Waals surface area contributed by atoms with Gasteiger partial charge in [-0.2, -0.15) is 9.99 Å². The molecule has 0 spiro atoms. The Morgan fingerprint density at radius 2 is 1.36 bits per heavy atom. The molecule has 4 unspecified atom stereocenters. The smallest absolute Gasteiger partial charge is 0.276 e. The zero-order valence-corrected chi connectivity index (χ0v) is 23.8. The van der Waals surface area contributed by atoms with E-state index in [0.29, 0.717) is 16.8 Å². The van der Waals surface area contributed by atoms with Crippen LogP contribution in [0.25, 0.3) is 11.4 Å². The highest BCUT2D eigenvalue weighted by Gasteiger charge is 2.67. The van der Waals surface area contributed by atoms with Crippen LogP contribution in [0, 0.1) is 18.8 Å². The molecule has 4 atom stereocenters. The fraction of sp³-hybridized carbons (Fsp3) is 0.147. The summed E-state index contributed by atoms with van der Waals surface area (Å²) in [7, 11) is 0. The van der Waals surface area contributed by atoms with Crippen molar-refractivity contribution in [3.63, 3.8) is 0 Å². The van der Waals surface area contributed by atoms with Crippen LogP contribution in [0.5, 0.6) is 0 Å². The topological polar surface area (TPSA) is 130 Å². The third kappa shape index (κ3) is 3.97. The molecule has 220 valence electrons. The minimum Gasteiger partial charge on any atom is -0.337 e. The Hall–Kier alpha value is -5.81. The van der Waals surface area contributed by atoms with E-state index in [9.17, 15) is 19.2 Å². The molecule has 5 heterocycles. The lowest BCUT2D eigenvalue weighted by Crippen LogP contribution is -2.50. The van der Waals surface area contributed by atoms with Crippen LogP contribution < -0.4 is 4.90 Å². The van der Waals surface area contributed by atoms with Gasteiger partial charge in [0.2, 0.25) is 23.5 Å². The lowest BCUT2D eigenvalue weighted by molar-refractivity contribution is -0.126. The van der Waals surface area contributed by atoms with Crippen LogP contribution in [0.4, 0.5) is 5.69 Å². The number of fused-ring (bicyclic) bond motifs is 2. The number of hydrogen-bond acceptors (Lipinski definition) is 9. The molecule has 0 bridgehead atoms. The van der Waals surface area contributed by atoms with E-state index in [2.05, 4.69) is 15.1 Å². The van der Waals surface area contributed by atoms with E-state index >= 15 is 0 Å². The number of aryl methyl sites for hydroxylation is 1. The molecule has 2 saturated heterocycles. The molecule has 0 N–H and O–H groups in total. The number of amides is 4. The zero-order valence-electron chi connectivity index (χ0n) is 23.8. The number of hydrazine groups is 1. The number of aromatic nitrogens is 3. The third-order valence-electron chi connectivity index (χ3n) is 8.70. The van der Waals surface area contributed by atoms with Gasteiger partial charge in [-0.3, -0.25) is 24.2 Å². The fourth-order valence-electron chi connectivity index (χ4n) is 6.71. The summed E-state index contributed by atoms with van der Waals surface area (Å²) >= 11 is 0. The first kappa shape index (κ1) is 26.8. The van der Waals surface area contributed by atoms with Crippen molar-refractivity contribution >= 4 is 29.3 Å². The van der Waals surface area contributed by atoms with Crippen LogP contribution in [0.1, 0.15) is 49.8 Å². The quantitative estimate of drug-likeness (QED) is 0.268. The van der Waals surface area contributed by atoms with Crippen molar-refractivity contribution in [1.82, 2.24) is 25.1 Å². The maximum Gasteiger partial charge on any atom is 0.276 e. The van der Waals surface area contributed by atoms with Crippen LogP contribution >= 0.6 is 0 Å². The number of benzene rings is 3. The van der Waals surface area contributed by atoms with Gasteiger partial charge in [0.05, 0.1) is 34.7 Å². The van der Waals surface area contributed by atoms with Gasteiger partial charge in [-0.25, -0.2) is 9.91 Å². The Morgan fingerprint density at radius 1 is 0.711 bits per heavy atom. The van der Waals surface area contributed by atoms with E-state index in [1.165, 1.54) is 9.91 Å². The summed E-state index contributed by atoms with van der Waals surface area (Å²) in [6.07, 6.45) is 3.19. The van der Waals surface area contributed by atoms with Crippen LogP contribution in [-0.2, 0) is 9.59 Å². The monoisotopic (exact) mass is 596 g/mol. The number of imide groups is 2. The normalized spacial score (nSPS) is 22.8. The van der Waals surface area contributed by atoms with E-state index < -0.39 is 47.5 Å². The lowest BCUT2D eigenvalue weighted by atomic mass is 9.86. The highest BCUT2D eigenvalue weighted by molar-refractivity contribution is 6.24. The fourth-order valence-corrected chi connectivity index (χ4v) is 6.71. The van der Waals surface area contributed by atoms with Gasteiger partial charge in [0, 0.05) is 18.0 Å². The Kier molecular flexibility index (Phi) is 6.03. The summed E-state index contributed by atoms with van der Waals surface area (Å²) in [5, 5.41) is 6.71. The number of pyridine rings is 1. The van der Waals surface area contributed by atoms with Gasteiger partial charge >= 0.3 is 0 Å². The molecule has 45 heavy (non-hydrogen) atoms. The molecule has 0 radical (unpaired) electrons.